The van der Waals surface area contributed by atoms with E-state index in [0.717, 1.165) is 43.6 Å². The van der Waals surface area contributed by atoms with Crippen molar-refractivity contribution in [1.29, 1.82) is 0 Å². The Balaban J connectivity index is 1.34. The highest BCUT2D eigenvalue weighted by Gasteiger charge is 2.28. The standard InChI is InChI=1S/C25H34N2O3/c1-18-17-27(16-13-22(18)23-5-3-6-24(29)19(23)2)15-4-14-26-25(30)12-9-20-7-10-21(28)11-8-20/h3,5-8,10-11,18,22,28-29H,4,9,12-17H2,1-2H3,(H,26,30)/t18-,22+/m0/s1. The first kappa shape index (κ1) is 22.2. The van der Waals surface area contributed by atoms with Crippen molar-refractivity contribution in [2.24, 2.45) is 5.92 Å². The van der Waals surface area contributed by atoms with E-state index in [9.17, 15) is 15.0 Å². The van der Waals surface area contributed by atoms with Gasteiger partial charge < -0.3 is 20.4 Å². The van der Waals surface area contributed by atoms with E-state index < -0.39 is 0 Å². The van der Waals surface area contributed by atoms with Crippen molar-refractivity contribution >= 4 is 5.91 Å². The maximum atomic E-state index is 12.1. The molecular formula is C25H34N2O3. The average molecular weight is 411 g/mol. The summed E-state index contributed by atoms with van der Waals surface area (Å²) in [5.74, 6) is 1.75. The molecule has 0 aromatic heterocycles. The third-order valence-electron chi connectivity index (χ3n) is 6.29. The van der Waals surface area contributed by atoms with Gasteiger partial charge in [0.15, 0.2) is 0 Å². The van der Waals surface area contributed by atoms with Crippen LogP contribution >= 0.6 is 0 Å². The third kappa shape index (κ3) is 5.99. The first-order valence-corrected chi connectivity index (χ1v) is 11.0. The molecule has 162 valence electrons. The van der Waals surface area contributed by atoms with E-state index >= 15 is 0 Å². The Morgan fingerprint density at radius 1 is 1.17 bits per heavy atom. The molecule has 5 heteroatoms. The molecule has 1 amide bonds. The summed E-state index contributed by atoms with van der Waals surface area (Å²) in [4.78, 5) is 14.5. The molecule has 1 heterocycles. The van der Waals surface area contributed by atoms with Gasteiger partial charge in [0.25, 0.3) is 0 Å². The number of likely N-dealkylation sites (tertiary alicyclic amines) is 1. The zero-order valence-corrected chi connectivity index (χ0v) is 18.1. The average Bonchev–Trinajstić information content (AvgIpc) is 2.73. The summed E-state index contributed by atoms with van der Waals surface area (Å²) in [6, 6.07) is 12.9. The second-order valence-electron chi connectivity index (χ2n) is 8.53. The quantitative estimate of drug-likeness (QED) is 0.576. The van der Waals surface area contributed by atoms with Crippen LogP contribution in [0.2, 0.25) is 0 Å². The van der Waals surface area contributed by atoms with Crippen LogP contribution in [-0.4, -0.2) is 47.2 Å². The first-order valence-electron chi connectivity index (χ1n) is 11.0. The minimum Gasteiger partial charge on any atom is -0.508 e. The number of carbonyl (C=O) groups excluding carboxylic acids is 1. The van der Waals surface area contributed by atoms with Crippen LogP contribution in [0.4, 0.5) is 0 Å². The van der Waals surface area contributed by atoms with Crippen LogP contribution in [0, 0.1) is 12.8 Å². The summed E-state index contributed by atoms with van der Waals surface area (Å²) >= 11 is 0. The lowest BCUT2D eigenvalue weighted by molar-refractivity contribution is -0.121. The molecular weight excluding hydrogens is 376 g/mol. The molecule has 3 rings (SSSR count). The lowest BCUT2D eigenvalue weighted by atomic mass is 9.79. The number of nitrogens with one attached hydrogen (secondary N) is 1. The van der Waals surface area contributed by atoms with Crippen molar-refractivity contribution in [1.82, 2.24) is 10.2 Å². The second-order valence-corrected chi connectivity index (χ2v) is 8.53. The van der Waals surface area contributed by atoms with Crippen LogP contribution in [0.25, 0.3) is 0 Å². The minimum atomic E-state index is 0.0783. The van der Waals surface area contributed by atoms with E-state index in [1.54, 1.807) is 18.2 Å². The molecule has 1 saturated heterocycles. The van der Waals surface area contributed by atoms with Gasteiger partial charge in [0.2, 0.25) is 5.91 Å². The molecule has 1 fully saturated rings. The number of carbonyl (C=O) groups is 1. The van der Waals surface area contributed by atoms with Gasteiger partial charge in [-0.05, 0) is 86.0 Å². The predicted molar refractivity (Wildman–Crippen MR) is 120 cm³/mol. The molecule has 0 bridgehead atoms. The fourth-order valence-electron chi connectivity index (χ4n) is 4.48. The lowest BCUT2D eigenvalue weighted by Gasteiger charge is -2.38. The highest BCUT2D eigenvalue weighted by Crippen LogP contribution is 2.36. The van der Waals surface area contributed by atoms with E-state index in [-0.39, 0.29) is 11.7 Å². The second kappa shape index (κ2) is 10.5. The number of amides is 1. The Hall–Kier alpha value is -2.53. The van der Waals surface area contributed by atoms with Crippen LogP contribution < -0.4 is 5.32 Å². The fourth-order valence-corrected chi connectivity index (χ4v) is 4.48. The zero-order valence-electron chi connectivity index (χ0n) is 18.1. The summed E-state index contributed by atoms with van der Waals surface area (Å²) in [5, 5.41) is 22.3. The summed E-state index contributed by atoms with van der Waals surface area (Å²) in [6.45, 7) is 8.11. The maximum absolute atomic E-state index is 12.1. The lowest BCUT2D eigenvalue weighted by Crippen LogP contribution is -2.40. The number of aromatic hydroxyl groups is 2. The van der Waals surface area contributed by atoms with Crippen molar-refractivity contribution in [3.05, 3.63) is 59.2 Å². The largest absolute Gasteiger partial charge is 0.508 e. The third-order valence-corrected chi connectivity index (χ3v) is 6.29. The van der Waals surface area contributed by atoms with Crippen LogP contribution in [0.1, 0.15) is 48.8 Å². The van der Waals surface area contributed by atoms with E-state index in [2.05, 4.69) is 23.2 Å². The molecule has 0 saturated carbocycles. The van der Waals surface area contributed by atoms with E-state index in [1.165, 1.54) is 5.56 Å². The molecule has 1 aliphatic heterocycles. The molecule has 2 aromatic rings. The fraction of sp³-hybridized carbons (Fsp3) is 0.480. The smallest absolute Gasteiger partial charge is 0.220 e. The number of piperidine rings is 1. The topological polar surface area (TPSA) is 72.8 Å². The Labute approximate surface area is 179 Å². The van der Waals surface area contributed by atoms with Gasteiger partial charge in [-0.3, -0.25) is 4.79 Å². The number of phenols is 2. The SMILES string of the molecule is Cc1c(O)cccc1[C@@H]1CCN(CCCNC(=O)CCc2ccc(O)cc2)C[C@@H]1C. The van der Waals surface area contributed by atoms with Crippen molar-refractivity contribution in [3.8, 4) is 11.5 Å². The van der Waals surface area contributed by atoms with Gasteiger partial charge in [0.05, 0.1) is 0 Å². The molecule has 0 unspecified atom stereocenters. The number of phenolic OH excluding ortho intramolecular Hbond substituents is 2. The molecule has 1 aliphatic rings. The number of rotatable bonds is 8. The summed E-state index contributed by atoms with van der Waals surface area (Å²) < 4.78 is 0. The molecule has 0 spiro atoms. The van der Waals surface area contributed by atoms with E-state index in [0.29, 0.717) is 37.0 Å². The van der Waals surface area contributed by atoms with Crippen LogP contribution in [0.15, 0.2) is 42.5 Å². The van der Waals surface area contributed by atoms with Gasteiger partial charge in [-0.25, -0.2) is 0 Å². The van der Waals surface area contributed by atoms with Gasteiger partial charge in [-0.2, -0.15) is 0 Å². The van der Waals surface area contributed by atoms with E-state index in [1.807, 2.05) is 25.1 Å². The first-order chi connectivity index (χ1) is 14.4. The van der Waals surface area contributed by atoms with Crippen molar-refractivity contribution in [2.45, 2.75) is 45.4 Å². The molecule has 2 atom stereocenters. The van der Waals surface area contributed by atoms with Gasteiger partial charge in [0, 0.05) is 19.5 Å². The van der Waals surface area contributed by atoms with Crippen molar-refractivity contribution < 1.29 is 15.0 Å². The number of hydrogen-bond donors (Lipinski definition) is 3. The Morgan fingerprint density at radius 3 is 2.67 bits per heavy atom. The molecule has 2 aromatic carbocycles. The van der Waals surface area contributed by atoms with Crippen LogP contribution in [0.5, 0.6) is 11.5 Å². The number of hydrogen-bond acceptors (Lipinski definition) is 4. The molecule has 0 radical (unpaired) electrons. The van der Waals surface area contributed by atoms with Crippen LogP contribution in [0.3, 0.4) is 0 Å². The van der Waals surface area contributed by atoms with Gasteiger partial charge in [-0.15, -0.1) is 0 Å². The molecule has 0 aliphatic carbocycles. The highest BCUT2D eigenvalue weighted by atomic mass is 16.3. The predicted octanol–water partition coefficient (Wildman–Crippen LogP) is 3.97. The molecule has 30 heavy (non-hydrogen) atoms. The van der Waals surface area contributed by atoms with Crippen molar-refractivity contribution in [3.63, 3.8) is 0 Å². The Morgan fingerprint density at radius 2 is 1.93 bits per heavy atom. The van der Waals surface area contributed by atoms with E-state index in [4.69, 9.17) is 0 Å². The van der Waals surface area contributed by atoms with Crippen LogP contribution in [-0.2, 0) is 11.2 Å². The zero-order chi connectivity index (χ0) is 21.5. The van der Waals surface area contributed by atoms with Gasteiger partial charge in [-0.1, -0.05) is 31.2 Å². The van der Waals surface area contributed by atoms with Gasteiger partial charge in [0.1, 0.15) is 11.5 Å². The molecule has 3 N–H and O–H groups in total. The monoisotopic (exact) mass is 410 g/mol. The Kier molecular flexibility index (Phi) is 7.75. The van der Waals surface area contributed by atoms with Crippen molar-refractivity contribution in [2.75, 3.05) is 26.2 Å². The van der Waals surface area contributed by atoms with Gasteiger partial charge >= 0.3 is 0 Å². The maximum Gasteiger partial charge on any atom is 0.220 e. The Bertz CT molecular complexity index is 835. The number of nitrogens with zero attached hydrogens (tertiary/aromatic N) is 1. The highest BCUT2D eigenvalue weighted by molar-refractivity contribution is 5.76. The summed E-state index contributed by atoms with van der Waals surface area (Å²) in [7, 11) is 0. The number of benzene rings is 2. The number of aryl methyl sites for hydroxylation is 1. The summed E-state index contributed by atoms with van der Waals surface area (Å²) in [6.07, 6.45) is 3.21. The molecule has 5 nitrogen and oxygen atoms in total. The summed E-state index contributed by atoms with van der Waals surface area (Å²) in [5.41, 5.74) is 3.35. The normalized spacial score (nSPS) is 19.5. The minimum absolute atomic E-state index is 0.0783.